The van der Waals surface area contributed by atoms with Gasteiger partial charge in [0.1, 0.15) is 6.33 Å². The molecule has 0 amide bonds. The Balaban J connectivity index is 2.67. The first-order valence-corrected chi connectivity index (χ1v) is 2.97. The summed E-state index contributed by atoms with van der Waals surface area (Å²) in [4.78, 5) is 7.65. The summed E-state index contributed by atoms with van der Waals surface area (Å²) in [5.74, 6) is 0. The molecule has 0 saturated heterocycles. The number of aromatic nitrogens is 2. The second kappa shape index (κ2) is 3.74. The molecule has 0 spiro atoms. The van der Waals surface area contributed by atoms with Crippen molar-refractivity contribution in [2.75, 3.05) is 6.61 Å². The summed E-state index contributed by atoms with van der Waals surface area (Å²) in [7, 11) is 0. The summed E-state index contributed by atoms with van der Waals surface area (Å²) in [5.41, 5.74) is 0.809. The van der Waals surface area contributed by atoms with E-state index >= 15 is 0 Å². The molecule has 1 N–H and O–H groups in total. The molecule has 3 heteroatoms. The highest BCUT2D eigenvalue weighted by molar-refractivity contribution is 5.42. The number of aliphatic hydroxyl groups excluding tert-OH is 1. The first kappa shape index (κ1) is 6.89. The van der Waals surface area contributed by atoms with E-state index in [1.165, 1.54) is 6.33 Å². The van der Waals surface area contributed by atoms with E-state index in [9.17, 15) is 0 Å². The lowest BCUT2D eigenvalue weighted by Crippen LogP contribution is -1.80. The Hall–Kier alpha value is -1.22. The molecule has 1 heterocycles. The van der Waals surface area contributed by atoms with E-state index in [-0.39, 0.29) is 6.61 Å². The molecule has 3 nitrogen and oxygen atoms in total. The van der Waals surface area contributed by atoms with Gasteiger partial charge in [-0.2, -0.15) is 0 Å². The second-order valence-electron chi connectivity index (χ2n) is 1.72. The molecule has 1 rings (SSSR count). The Morgan fingerprint density at radius 1 is 1.60 bits per heavy atom. The number of rotatable bonds is 2. The zero-order valence-electron chi connectivity index (χ0n) is 5.44. The van der Waals surface area contributed by atoms with Crippen LogP contribution in [0.4, 0.5) is 0 Å². The van der Waals surface area contributed by atoms with Crippen LogP contribution < -0.4 is 0 Å². The Labute approximate surface area is 59.1 Å². The van der Waals surface area contributed by atoms with Crippen LogP contribution in [0.2, 0.25) is 0 Å². The van der Waals surface area contributed by atoms with Crippen molar-refractivity contribution in [3.8, 4) is 0 Å². The van der Waals surface area contributed by atoms with Crippen molar-refractivity contribution in [2.45, 2.75) is 0 Å². The maximum atomic E-state index is 8.40. The molecular weight excluding hydrogens is 128 g/mol. The van der Waals surface area contributed by atoms with Crippen molar-refractivity contribution in [1.82, 2.24) is 9.97 Å². The predicted octanol–water partition coefficient (Wildman–Crippen LogP) is 0.482. The van der Waals surface area contributed by atoms with Crippen molar-refractivity contribution >= 4 is 6.08 Å². The fourth-order valence-corrected chi connectivity index (χ4v) is 0.573. The fourth-order valence-electron chi connectivity index (χ4n) is 0.573. The normalized spacial score (nSPS) is 10.5. The predicted molar refractivity (Wildman–Crippen MR) is 38.2 cm³/mol. The number of aliphatic hydroxyl groups is 1. The van der Waals surface area contributed by atoms with Crippen molar-refractivity contribution < 1.29 is 5.11 Å². The monoisotopic (exact) mass is 136 g/mol. The summed E-state index contributed by atoms with van der Waals surface area (Å²) < 4.78 is 0. The first-order valence-electron chi connectivity index (χ1n) is 2.97. The molecule has 0 aliphatic heterocycles. The van der Waals surface area contributed by atoms with Gasteiger partial charge in [0.25, 0.3) is 0 Å². The molecule has 0 fully saturated rings. The van der Waals surface area contributed by atoms with Gasteiger partial charge in [-0.3, -0.25) is 0 Å². The van der Waals surface area contributed by atoms with Crippen LogP contribution in [0.5, 0.6) is 0 Å². The van der Waals surface area contributed by atoms with Crippen LogP contribution in [0.1, 0.15) is 5.69 Å². The van der Waals surface area contributed by atoms with Crippen LogP contribution in [-0.4, -0.2) is 21.7 Å². The summed E-state index contributed by atoms with van der Waals surface area (Å²) in [5, 5.41) is 8.40. The summed E-state index contributed by atoms with van der Waals surface area (Å²) >= 11 is 0. The van der Waals surface area contributed by atoms with E-state index in [4.69, 9.17) is 5.11 Å². The zero-order valence-corrected chi connectivity index (χ0v) is 5.44. The molecule has 0 bridgehead atoms. The fraction of sp³-hybridized carbons (Fsp3) is 0.143. The van der Waals surface area contributed by atoms with E-state index in [0.717, 1.165) is 5.69 Å². The average molecular weight is 136 g/mol. The maximum absolute atomic E-state index is 8.40. The molecule has 0 atom stereocenters. The molecule has 0 aromatic carbocycles. The van der Waals surface area contributed by atoms with Gasteiger partial charge in [0.05, 0.1) is 12.3 Å². The van der Waals surface area contributed by atoms with E-state index in [1.54, 1.807) is 24.4 Å². The largest absolute Gasteiger partial charge is 0.392 e. The molecular formula is C7H8N2O. The first-order chi connectivity index (χ1) is 4.93. The molecule has 0 unspecified atom stereocenters. The smallest absolute Gasteiger partial charge is 0.115 e. The minimum Gasteiger partial charge on any atom is -0.392 e. The minimum absolute atomic E-state index is 0.0456. The Morgan fingerprint density at radius 3 is 3.10 bits per heavy atom. The molecule has 1 aromatic rings. The summed E-state index contributed by atoms with van der Waals surface area (Å²) in [6, 6.07) is 1.77. The van der Waals surface area contributed by atoms with Gasteiger partial charge in [-0.1, -0.05) is 6.08 Å². The SMILES string of the molecule is OC/C=C/c1ccncn1. The van der Waals surface area contributed by atoms with Gasteiger partial charge in [-0.25, -0.2) is 9.97 Å². The summed E-state index contributed by atoms with van der Waals surface area (Å²) in [6.45, 7) is 0.0456. The Morgan fingerprint density at radius 2 is 2.50 bits per heavy atom. The van der Waals surface area contributed by atoms with Gasteiger partial charge in [0, 0.05) is 6.20 Å². The Kier molecular flexibility index (Phi) is 2.58. The third kappa shape index (κ3) is 1.95. The highest BCUT2D eigenvalue weighted by atomic mass is 16.2. The molecule has 0 radical (unpaired) electrons. The van der Waals surface area contributed by atoms with E-state index < -0.39 is 0 Å². The molecule has 52 valence electrons. The van der Waals surface area contributed by atoms with Crippen LogP contribution in [0, 0.1) is 0 Å². The van der Waals surface area contributed by atoms with Crippen LogP contribution >= 0.6 is 0 Å². The van der Waals surface area contributed by atoms with Crippen LogP contribution in [-0.2, 0) is 0 Å². The lowest BCUT2D eigenvalue weighted by molar-refractivity contribution is 0.343. The third-order valence-corrected chi connectivity index (χ3v) is 0.999. The number of hydrogen-bond donors (Lipinski definition) is 1. The van der Waals surface area contributed by atoms with Crippen molar-refractivity contribution in [2.24, 2.45) is 0 Å². The number of hydrogen-bond acceptors (Lipinski definition) is 3. The maximum Gasteiger partial charge on any atom is 0.115 e. The van der Waals surface area contributed by atoms with Crippen molar-refractivity contribution in [1.29, 1.82) is 0 Å². The van der Waals surface area contributed by atoms with Gasteiger partial charge in [-0.15, -0.1) is 0 Å². The molecule has 10 heavy (non-hydrogen) atoms. The lowest BCUT2D eigenvalue weighted by atomic mass is 10.4. The van der Waals surface area contributed by atoms with E-state index in [1.807, 2.05) is 0 Å². The van der Waals surface area contributed by atoms with Crippen LogP contribution in [0.15, 0.2) is 24.7 Å². The zero-order chi connectivity index (χ0) is 7.23. The van der Waals surface area contributed by atoms with Gasteiger partial charge in [0.15, 0.2) is 0 Å². The van der Waals surface area contributed by atoms with Gasteiger partial charge < -0.3 is 5.11 Å². The lowest BCUT2D eigenvalue weighted by Gasteiger charge is -1.86. The van der Waals surface area contributed by atoms with E-state index in [0.29, 0.717) is 0 Å². The quantitative estimate of drug-likeness (QED) is 0.643. The van der Waals surface area contributed by atoms with Gasteiger partial charge >= 0.3 is 0 Å². The van der Waals surface area contributed by atoms with Gasteiger partial charge in [0.2, 0.25) is 0 Å². The van der Waals surface area contributed by atoms with E-state index in [2.05, 4.69) is 9.97 Å². The third-order valence-electron chi connectivity index (χ3n) is 0.999. The van der Waals surface area contributed by atoms with Crippen molar-refractivity contribution in [3.05, 3.63) is 30.4 Å². The molecule has 0 aliphatic rings. The minimum atomic E-state index is 0.0456. The average Bonchev–Trinajstić information content (AvgIpc) is 2.03. The molecule has 1 aromatic heterocycles. The van der Waals surface area contributed by atoms with Crippen LogP contribution in [0.3, 0.4) is 0 Å². The van der Waals surface area contributed by atoms with Crippen LogP contribution in [0.25, 0.3) is 6.08 Å². The molecule has 0 saturated carbocycles. The Bertz CT molecular complexity index is 208. The highest BCUT2D eigenvalue weighted by Crippen LogP contribution is 1.92. The van der Waals surface area contributed by atoms with Crippen molar-refractivity contribution in [3.63, 3.8) is 0 Å². The second-order valence-corrected chi connectivity index (χ2v) is 1.72. The van der Waals surface area contributed by atoms with Gasteiger partial charge in [-0.05, 0) is 12.1 Å². The molecule has 0 aliphatic carbocycles. The standard InChI is InChI=1S/C7H8N2O/c10-5-1-2-7-3-4-8-6-9-7/h1-4,6,10H,5H2/b2-1+. The summed E-state index contributed by atoms with van der Waals surface area (Å²) in [6.07, 6.45) is 6.49. The highest BCUT2D eigenvalue weighted by Gasteiger charge is 1.81. The topological polar surface area (TPSA) is 46.0 Å². The number of nitrogens with zero attached hydrogens (tertiary/aromatic N) is 2.